The molecule has 1 spiro atoms. The van der Waals surface area contributed by atoms with Gasteiger partial charge in [-0.2, -0.15) is 5.10 Å². The summed E-state index contributed by atoms with van der Waals surface area (Å²) in [6, 6.07) is 1.69. The monoisotopic (exact) mass is 348 g/mol. The van der Waals surface area contributed by atoms with Gasteiger partial charge in [0.2, 0.25) is 5.91 Å². The molecule has 2 fully saturated rings. The van der Waals surface area contributed by atoms with Crippen molar-refractivity contribution in [3.05, 3.63) is 18.0 Å². The highest BCUT2D eigenvalue weighted by Gasteiger charge is 2.49. The van der Waals surface area contributed by atoms with Crippen LogP contribution in [-0.2, 0) is 4.79 Å². The zero-order chi connectivity index (χ0) is 18.0. The van der Waals surface area contributed by atoms with Gasteiger partial charge in [0.15, 0.2) is 0 Å². The minimum absolute atomic E-state index is 0.0391. The standard InChI is InChI=1S/C17H28N6O2/c1-20(2)10-12-23-13-11-21(3)17(16(23)25)5-8-22(9-6-17)15(24)14-4-7-18-19-14/h4,7H,5-6,8-13H2,1-3H3,(H,18,19). The molecule has 8 heteroatoms. The van der Waals surface area contributed by atoms with Crippen molar-refractivity contribution in [3.63, 3.8) is 0 Å². The molecule has 1 aromatic rings. The maximum absolute atomic E-state index is 13.2. The molecule has 1 aromatic heterocycles. The Hall–Kier alpha value is -1.93. The highest BCUT2D eigenvalue weighted by Crippen LogP contribution is 2.33. The van der Waals surface area contributed by atoms with Gasteiger partial charge in [-0.05, 0) is 40.1 Å². The number of carbonyl (C=O) groups is 2. The molecule has 2 saturated heterocycles. The number of aromatic amines is 1. The first-order chi connectivity index (χ1) is 11.9. The second kappa shape index (κ2) is 7.13. The van der Waals surface area contributed by atoms with Gasteiger partial charge >= 0.3 is 0 Å². The predicted octanol–water partition coefficient (Wildman–Crippen LogP) is -0.280. The fourth-order valence-electron chi connectivity index (χ4n) is 3.80. The van der Waals surface area contributed by atoms with Gasteiger partial charge in [-0.1, -0.05) is 0 Å². The number of rotatable bonds is 4. The van der Waals surface area contributed by atoms with E-state index in [9.17, 15) is 9.59 Å². The summed E-state index contributed by atoms with van der Waals surface area (Å²) in [5.41, 5.74) is 0.0434. The number of H-pyrrole nitrogens is 1. The van der Waals surface area contributed by atoms with Crippen molar-refractivity contribution in [1.82, 2.24) is 29.8 Å². The maximum Gasteiger partial charge on any atom is 0.271 e. The summed E-state index contributed by atoms with van der Waals surface area (Å²) < 4.78 is 0. The summed E-state index contributed by atoms with van der Waals surface area (Å²) >= 11 is 0. The average Bonchev–Trinajstić information content (AvgIpc) is 3.14. The lowest BCUT2D eigenvalue weighted by atomic mass is 9.82. The topological polar surface area (TPSA) is 75.8 Å². The Balaban J connectivity index is 1.67. The van der Waals surface area contributed by atoms with E-state index in [1.807, 2.05) is 30.9 Å². The van der Waals surface area contributed by atoms with E-state index in [-0.39, 0.29) is 11.8 Å². The van der Waals surface area contributed by atoms with Crippen LogP contribution in [0.15, 0.2) is 12.3 Å². The van der Waals surface area contributed by atoms with E-state index in [1.54, 1.807) is 12.3 Å². The SMILES string of the molecule is CN(C)CCN1CCN(C)C2(CCN(C(=O)c3ccn[nH]3)CC2)C1=O. The Morgan fingerprint density at radius 3 is 2.60 bits per heavy atom. The summed E-state index contributed by atoms with van der Waals surface area (Å²) in [5.74, 6) is 0.180. The average molecular weight is 348 g/mol. The van der Waals surface area contributed by atoms with E-state index in [4.69, 9.17) is 0 Å². The number of carbonyl (C=O) groups excluding carboxylic acids is 2. The lowest BCUT2D eigenvalue weighted by Crippen LogP contribution is -2.68. The first-order valence-corrected chi connectivity index (χ1v) is 8.88. The Morgan fingerprint density at radius 1 is 1.28 bits per heavy atom. The quantitative estimate of drug-likeness (QED) is 0.810. The van der Waals surface area contributed by atoms with E-state index in [0.29, 0.717) is 31.6 Å². The van der Waals surface area contributed by atoms with E-state index in [0.717, 1.165) is 26.2 Å². The minimum Gasteiger partial charge on any atom is -0.339 e. The molecule has 2 amide bonds. The number of hydrogen-bond acceptors (Lipinski definition) is 5. The fourth-order valence-corrected chi connectivity index (χ4v) is 3.80. The molecule has 2 aliphatic rings. The summed E-state index contributed by atoms with van der Waals surface area (Å²) in [6.07, 6.45) is 2.95. The number of nitrogens with one attached hydrogen (secondary N) is 1. The zero-order valence-corrected chi connectivity index (χ0v) is 15.4. The molecular formula is C17H28N6O2. The van der Waals surface area contributed by atoms with Gasteiger partial charge in [-0.15, -0.1) is 0 Å². The Morgan fingerprint density at radius 2 is 2.00 bits per heavy atom. The van der Waals surface area contributed by atoms with Crippen LogP contribution in [0, 0.1) is 0 Å². The first kappa shape index (κ1) is 17.9. The minimum atomic E-state index is -0.463. The zero-order valence-electron chi connectivity index (χ0n) is 15.4. The predicted molar refractivity (Wildman–Crippen MR) is 94.2 cm³/mol. The molecule has 138 valence electrons. The normalized spacial score (nSPS) is 21.4. The van der Waals surface area contributed by atoms with Crippen LogP contribution in [-0.4, -0.2) is 108 Å². The van der Waals surface area contributed by atoms with Gasteiger partial charge in [-0.3, -0.25) is 19.6 Å². The molecular weight excluding hydrogens is 320 g/mol. The first-order valence-electron chi connectivity index (χ1n) is 8.88. The number of likely N-dealkylation sites (tertiary alicyclic amines) is 1. The second-order valence-electron chi connectivity index (χ2n) is 7.31. The van der Waals surface area contributed by atoms with Gasteiger partial charge in [0.25, 0.3) is 5.91 Å². The molecule has 0 unspecified atom stereocenters. The number of piperidine rings is 1. The molecule has 0 atom stereocenters. The summed E-state index contributed by atoms with van der Waals surface area (Å²) in [7, 11) is 6.08. The highest BCUT2D eigenvalue weighted by molar-refractivity contribution is 5.93. The van der Waals surface area contributed by atoms with Crippen LogP contribution in [0.4, 0.5) is 0 Å². The van der Waals surface area contributed by atoms with Crippen LogP contribution in [0.3, 0.4) is 0 Å². The smallest absolute Gasteiger partial charge is 0.271 e. The van der Waals surface area contributed by atoms with E-state index in [2.05, 4.69) is 20.0 Å². The molecule has 0 saturated carbocycles. The number of likely N-dealkylation sites (N-methyl/N-ethyl adjacent to an activating group) is 2. The van der Waals surface area contributed by atoms with Gasteiger partial charge in [0.05, 0.1) is 0 Å². The number of amides is 2. The number of piperazine rings is 1. The van der Waals surface area contributed by atoms with Crippen LogP contribution in [0.25, 0.3) is 0 Å². The maximum atomic E-state index is 13.2. The molecule has 0 bridgehead atoms. The van der Waals surface area contributed by atoms with Crippen LogP contribution < -0.4 is 0 Å². The van der Waals surface area contributed by atoms with Gasteiger partial charge in [-0.25, -0.2) is 0 Å². The molecule has 25 heavy (non-hydrogen) atoms. The van der Waals surface area contributed by atoms with Crippen LogP contribution >= 0.6 is 0 Å². The molecule has 8 nitrogen and oxygen atoms in total. The van der Waals surface area contributed by atoms with Gasteiger partial charge in [0, 0.05) is 45.5 Å². The van der Waals surface area contributed by atoms with Crippen molar-refractivity contribution in [1.29, 1.82) is 0 Å². The van der Waals surface area contributed by atoms with Gasteiger partial charge < -0.3 is 14.7 Å². The molecule has 2 aliphatic heterocycles. The van der Waals surface area contributed by atoms with Crippen molar-refractivity contribution in [2.24, 2.45) is 0 Å². The van der Waals surface area contributed by atoms with Crippen molar-refractivity contribution in [2.45, 2.75) is 18.4 Å². The van der Waals surface area contributed by atoms with Crippen molar-refractivity contribution in [3.8, 4) is 0 Å². The number of aromatic nitrogens is 2. The lowest BCUT2D eigenvalue weighted by molar-refractivity contribution is -0.153. The third-order valence-corrected chi connectivity index (χ3v) is 5.55. The molecule has 3 heterocycles. The third kappa shape index (κ3) is 3.41. The molecule has 0 radical (unpaired) electrons. The highest BCUT2D eigenvalue weighted by atomic mass is 16.2. The van der Waals surface area contributed by atoms with Gasteiger partial charge in [0.1, 0.15) is 11.2 Å². The van der Waals surface area contributed by atoms with Crippen molar-refractivity contribution < 1.29 is 9.59 Å². The summed E-state index contributed by atoms with van der Waals surface area (Å²) in [4.78, 5) is 33.8. The molecule has 0 aromatic carbocycles. The largest absolute Gasteiger partial charge is 0.339 e. The van der Waals surface area contributed by atoms with Crippen LogP contribution in [0.2, 0.25) is 0 Å². The van der Waals surface area contributed by atoms with Crippen LogP contribution in [0.5, 0.6) is 0 Å². The molecule has 3 rings (SSSR count). The number of hydrogen-bond donors (Lipinski definition) is 1. The van der Waals surface area contributed by atoms with E-state index >= 15 is 0 Å². The van der Waals surface area contributed by atoms with E-state index < -0.39 is 5.54 Å². The molecule has 0 aliphatic carbocycles. The fraction of sp³-hybridized carbons (Fsp3) is 0.706. The lowest BCUT2D eigenvalue weighted by Gasteiger charge is -2.51. The Bertz CT molecular complexity index is 607. The number of nitrogens with zero attached hydrogens (tertiary/aromatic N) is 5. The summed E-state index contributed by atoms with van der Waals surface area (Å²) in [6.45, 7) is 4.48. The summed E-state index contributed by atoms with van der Waals surface area (Å²) in [5, 5.41) is 6.57. The third-order valence-electron chi connectivity index (χ3n) is 5.55. The van der Waals surface area contributed by atoms with Crippen molar-refractivity contribution >= 4 is 11.8 Å². The van der Waals surface area contributed by atoms with Crippen LogP contribution in [0.1, 0.15) is 23.3 Å². The van der Waals surface area contributed by atoms with Crippen molar-refractivity contribution in [2.75, 3.05) is 60.4 Å². The second-order valence-corrected chi connectivity index (χ2v) is 7.31. The van der Waals surface area contributed by atoms with E-state index in [1.165, 1.54) is 0 Å². The molecule has 1 N–H and O–H groups in total. The Labute approximate surface area is 148 Å². The Kier molecular flexibility index (Phi) is 5.10.